The van der Waals surface area contributed by atoms with Crippen molar-refractivity contribution < 1.29 is 14.6 Å². The molecule has 0 saturated carbocycles. The predicted molar refractivity (Wildman–Crippen MR) is 79.8 cm³/mol. The summed E-state index contributed by atoms with van der Waals surface area (Å²) in [4.78, 5) is 11.7. The lowest BCUT2D eigenvalue weighted by Gasteiger charge is -2.08. The summed E-state index contributed by atoms with van der Waals surface area (Å²) in [6.45, 7) is 2.85. The summed E-state index contributed by atoms with van der Waals surface area (Å²) in [7, 11) is 0. The summed E-state index contributed by atoms with van der Waals surface area (Å²) in [5, 5.41) is 11.8. The molecular formula is C15H18ClNO3. The average molecular weight is 296 g/mol. The lowest BCUT2D eigenvalue weighted by molar-refractivity contribution is -0.117. The smallest absolute Gasteiger partial charge is 0.226 e. The second kappa shape index (κ2) is 9.38. The van der Waals surface area contributed by atoms with Gasteiger partial charge in [0.25, 0.3) is 0 Å². The fourth-order valence-corrected chi connectivity index (χ4v) is 1.63. The highest BCUT2D eigenvalue weighted by Gasteiger charge is 2.06. The van der Waals surface area contributed by atoms with Gasteiger partial charge >= 0.3 is 0 Å². The summed E-state index contributed by atoms with van der Waals surface area (Å²) in [6, 6.07) is 5.06. The zero-order valence-corrected chi connectivity index (χ0v) is 12.2. The minimum Gasteiger partial charge on any atom is -0.384 e. The molecule has 0 bridgehead atoms. The van der Waals surface area contributed by atoms with Gasteiger partial charge in [-0.1, -0.05) is 30.4 Å². The molecule has 0 heterocycles. The van der Waals surface area contributed by atoms with Crippen LogP contribution in [0.5, 0.6) is 0 Å². The van der Waals surface area contributed by atoms with Crippen LogP contribution < -0.4 is 5.32 Å². The first kappa shape index (κ1) is 16.5. The quantitative estimate of drug-likeness (QED) is 0.626. The third-order valence-corrected chi connectivity index (χ3v) is 2.70. The molecule has 2 N–H and O–H groups in total. The molecule has 0 atom stereocenters. The summed E-state index contributed by atoms with van der Waals surface area (Å²) < 4.78 is 5.25. The lowest BCUT2D eigenvalue weighted by Crippen LogP contribution is -2.14. The van der Waals surface area contributed by atoms with Crippen LogP contribution in [0.2, 0.25) is 5.02 Å². The highest BCUT2D eigenvalue weighted by molar-refractivity contribution is 6.33. The molecule has 1 amide bonds. The van der Waals surface area contributed by atoms with Gasteiger partial charge in [0.2, 0.25) is 5.91 Å². The standard InChI is InChI=1S/C15H18ClNO3/c1-2-9-20-10-7-15(19)17-14-11-12(4-3-8-18)5-6-13(14)16/h5-6,11,18H,2,7-10H2,1H3,(H,17,19). The lowest BCUT2D eigenvalue weighted by atomic mass is 10.2. The van der Waals surface area contributed by atoms with Crippen LogP contribution >= 0.6 is 11.6 Å². The number of hydrogen-bond acceptors (Lipinski definition) is 3. The molecule has 0 saturated heterocycles. The third-order valence-electron chi connectivity index (χ3n) is 2.37. The largest absolute Gasteiger partial charge is 0.384 e. The summed E-state index contributed by atoms with van der Waals surface area (Å²) in [5.41, 5.74) is 1.19. The molecule has 0 aromatic heterocycles. The number of rotatable bonds is 6. The summed E-state index contributed by atoms with van der Waals surface area (Å²) in [5.74, 6) is 5.15. The number of anilines is 1. The van der Waals surface area contributed by atoms with E-state index in [9.17, 15) is 4.79 Å². The molecule has 1 aromatic rings. The van der Waals surface area contributed by atoms with Crippen molar-refractivity contribution in [1.29, 1.82) is 0 Å². The van der Waals surface area contributed by atoms with Crippen molar-refractivity contribution in [3.8, 4) is 11.8 Å². The second-order valence-corrected chi connectivity index (χ2v) is 4.47. The first-order valence-corrected chi connectivity index (χ1v) is 6.82. The highest BCUT2D eigenvalue weighted by Crippen LogP contribution is 2.22. The fraction of sp³-hybridized carbons (Fsp3) is 0.400. The fourth-order valence-electron chi connectivity index (χ4n) is 1.46. The third kappa shape index (κ3) is 6.07. The number of hydrogen-bond donors (Lipinski definition) is 2. The van der Waals surface area contributed by atoms with Gasteiger partial charge in [-0.25, -0.2) is 0 Å². The molecule has 1 aromatic carbocycles. The van der Waals surface area contributed by atoms with E-state index >= 15 is 0 Å². The Balaban J connectivity index is 2.59. The van der Waals surface area contributed by atoms with Crippen molar-refractivity contribution in [3.05, 3.63) is 28.8 Å². The monoisotopic (exact) mass is 295 g/mol. The van der Waals surface area contributed by atoms with E-state index in [1.165, 1.54) is 0 Å². The van der Waals surface area contributed by atoms with Crippen molar-refractivity contribution in [2.75, 3.05) is 25.1 Å². The van der Waals surface area contributed by atoms with E-state index in [-0.39, 0.29) is 18.9 Å². The Bertz CT molecular complexity index is 506. The molecule has 1 rings (SSSR count). The van der Waals surface area contributed by atoms with E-state index in [1.54, 1.807) is 18.2 Å². The maximum Gasteiger partial charge on any atom is 0.226 e. The van der Waals surface area contributed by atoms with Crippen molar-refractivity contribution in [2.24, 2.45) is 0 Å². The predicted octanol–water partition coefficient (Wildman–Crippen LogP) is 2.44. The number of ether oxygens (including phenoxy) is 1. The van der Waals surface area contributed by atoms with Crippen molar-refractivity contribution in [1.82, 2.24) is 0 Å². The molecule has 0 spiro atoms. The normalized spacial score (nSPS) is 9.75. The Morgan fingerprint density at radius 2 is 2.25 bits per heavy atom. The van der Waals surface area contributed by atoms with Crippen LogP contribution in [-0.4, -0.2) is 30.8 Å². The van der Waals surface area contributed by atoms with E-state index in [2.05, 4.69) is 17.2 Å². The SMILES string of the molecule is CCCOCCC(=O)Nc1cc(C#CCO)ccc1Cl. The summed E-state index contributed by atoms with van der Waals surface area (Å²) in [6.07, 6.45) is 1.21. The molecule has 0 radical (unpaired) electrons. The molecular weight excluding hydrogens is 278 g/mol. The van der Waals surface area contributed by atoms with E-state index in [0.29, 0.717) is 29.5 Å². The van der Waals surface area contributed by atoms with Gasteiger partial charge in [0.1, 0.15) is 6.61 Å². The topological polar surface area (TPSA) is 58.6 Å². The van der Waals surface area contributed by atoms with E-state index in [1.807, 2.05) is 6.92 Å². The number of benzene rings is 1. The Hall–Kier alpha value is -1.54. The average Bonchev–Trinajstić information content (AvgIpc) is 2.44. The molecule has 20 heavy (non-hydrogen) atoms. The number of carbonyl (C=O) groups is 1. The van der Waals surface area contributed by atoms with Crippen LogP contribution in [0.3, 0.4) is 0 Å². The Morgan fingerprint density at radius 3 is 2.95 bits per heavy atom. The molecule has 0 aliphatic rings. The number of halogens is 1. The zero-order valence-electron chi connectivity index (χ0n) is 11.4. The Kier molecular flexibility index (Phi) is 7.74. The second-order valence-electron chi connectivity index (χ2n) is 4.07. The van der Waals surface area contributed by atoms with Crippen LogP contribution in [0.4, 0.5) is 5.69 Å². The van der Waals surface area contributed by atoms with Crippen LogP contribution in [0.1, 0.15) is 25.3 Å². The molecule has 4 nitrogen and oxygen atoms in total. The maximum absolute atomic E-state index is 11.7. The first-order chi connectivity index (χ1) is 9.67. The zero-order chi connectivity index (χ0) is 14.8. The van der Waals surface area contributed by atoms with Gasteiger partial charge in [-0.05, 0) is 24.6 Å². The van der Waals surface area contributed by atoms with E-state index in [4.69, 9.17) is 21.4 Å². The number of aliphatic hydroxyl groups excluding tert-OH is 1. The van der Waals surface area contributed by atoms with Crippen LogP contribution in [0.15, 0.2) is 18.2 Å². The van der Waals surface area contributed by atoms with E-state index in [0.717, 1.165) is 6.42 Å². The Labute approximate surface area is 124 Å². The molecule has 0 aliphatic heterocycles. The van der Waals surface area contributed by atoms with Gasteiger partial charge < -0.3 is 15.2 Å². The van der Waals surface area contributed by atoms with Crippen molar-refractivity contribution in [3.63, 3.8) is 0 Å². The maximum atomic E-state index is 11.7. The van der Waals surface area contributed by atoms with E-state index < -0.39 is 0 Å². The van der Waals surface area contributed by atoms with Gasteiger partial charge in [0.15, 0.2) is 0 Å². The number of carbonyl (C=O) groups excluding carboxylic acids is 1. The van der Waals surface area contributed by atoms with Crippen LogP contribution in [0, 0.1) is 11.8 Å². The number of amides is 1. The first-order valence-electron chi connectivity index (χ1n) is 6.44. The summed E-state index contributed by atoms with van der Waals surface area (Å²) >= 11 is 6.01. The molecule has 0 aliphatic carbocycles. The van der Waals surface area contributed by atoms with Gasteiger partial charge in [-0.3, -0.25) is 4.79 Å². The Morgan fingerprint density at radius 1 is 1.45 bits per heavy atom. The molecule has 0 unspecified atom stereocenters. The van der Waals surface area contributed by atoms with Gasteiger partial charge in [0.05, 0.1) is 23.7 Å². The number of aliphatic hydroxyl groups is 1. The van der Waals surface area contributed by atoms with Gasteiger partial charge in [-0.2, -0.15) is 0 Å². The molecule has 0 fully saturated rings. The molecule has 5 heteroatoms. The van der Waals surface area contributed by atoms with Gasteiger partial charge in [-0.15, -0.1) is 0 Å². The van der Waals surface area contributed by atoms with Crippen molar-refractivity contribution in [2.45, 2.75) is 19.8 Å². The van der Waals surface area contributed by atoms with Crippen LogP contribution in [-0.2, 0) is 9.53 Å². The van der Waals surface area contributed by atoms with Crippen molar-refractivity contribution >= 4 is 23.2 Å². The van der Waals surface area contributed by atoms with Gasteiger partial charge in [0, 0.05) is 12.2 Å². The minimum absolute atomic E-state index is 0.157. The highest BCUT2D eigenvalue weighted by atomic mass is 35.5. The molecule has 108 valence electrons. The van der Waals surface area contributed by atoms with Crippen LogP contribution in [0.25, 0.3) is 0 Å². The minimum atomic E-state index is -0.209. The number of nitrogens with one attached hydrogen (secondary N) is 1.